The second kappa shape index (κ2) is 10.5. The summed E-state index contributed by atoms with van der Waals surface area (Å²) >= 11 is 7.72. The molecular weight excluding hydrogens is 541 g/mol. The number of thiazole rings is 1. The van der Waals surface area contributed by atoms with E-state index in [0.29, 0.717) is 5.13 Å². The van der Waals surface area contributed by atoms with Gasteiger partial charge in [-0.2, -0.15) is 0 Å². The number of nitrogens with one attached hydrogen (secondary N) is 1. The minimum Gasteiger partial charge on any atom is -0.374 e. The number of alkyl halides is 2. The lowest BCUT2D eigenvalue weighted by atomic mass is 9.87. The number of carbonyl (C=O) groups excluding carboxylic acids is 2. The zero-order chi connectivity index (χ0) is 27.0. The predicted octanol–water partition coefficient (Wildman–Crippen LogP) is 4.91. The van der Waals surface area contributed by atoms with Crippen LogP contribution in [0.5, 0.6) is 0 Å². The van der Waals surface area contributed by atoms with Crippen LogP contribution >= 0.6 is 22.9 Å². The van der Waals surface area contributed by atoms with Gasteiger partial charge in [0.25, 0.3) is 11.8 Å². The van der Waals surface area contributed by atoms with Gasteiger partial charge in [0.1, 0.15) is 24.1 Å². The quantitative estimate of drug-likeness (QED) is 0.426. The summed E-state index contributed by atoms with van der Waals surface area (Å²) < 4.78 is 41.5. The van der Waals surface area contributed by atoms with Crippen LogP contribution in [0.4, 0.5) is 24.0 Å². The van der Waals surface area contributed by atoms with E-state index in [1.165, 1.54) is 34.4 Å². The van der Waals surface area contributed by atoms with Crippen LogP contribution in [0.25, 0.3) is 0 Å². The number of aromatic nitrogens is 1. The molecule has 3 atom stereocenters. The van der Waals surface area contributed by atoms with Gasteiger partial charge in [0.2, 0.25) is 5.91 Å². The first-order valence-corrected chi connectivity index (χ1v) is 13.3. The fourth-order valence-electron chi connectivity index (χ4n) is 4.97. The Bertz CT molecular complexity index is 1320. The summed E-state index contributed by atoms with van der Waals surface area (Å²) in [5, 5.41) is 15.6. The van der Waals surface area contributed by atoms with E-state index in [1.54, 1.807) is 35.8 Å². The van der Waals surface area contributed by atoms with E-state index in [9.17, 15) is 27.9 Å². The first-order chi connectivity index (χ1) is 18.1. The number of hydrogen-bond donors (Lipinski definition) is 2. The zero-order valence-electron chi connectivity index (χ0n) is 19.9. The molecule has 0 spiro atoms. The summed E-state index contributed by atoms with van der Waals surface area (Å²) in [7, 11) is 0. The van der Waals surface area contributed by atoms with Crippen LogP contribution in [0, 0.1) is 5.82 Å². The number of nitrogens with zero attached hydrogens (tertiary/aromatic N) is 3. The van der Waals surface area contributed by atoms with Crippen molar-refractivity contribution < 1.29 is 27.9 Å². The third-order valence-electron chi connectivity index (χ3n) is 6.75. The van der Waals surface area contributed by atoms with Gasteiger partial charge in [-0.1, -0.05) is 35.9 Å². The van der Waals surface area contributed by atoms with Crippen molar-refractivity contribution in [2.45, 2.75) is 56.0 Å². The minimum atomic E-state index is -2.87. The highest BCUT2D eigenvalue weighted by molar-refractivity contribution is 7.13. The molecule has 1 saturated carbocycles. The molecule has 0 radical (unpaired) electrons. The van der Waals surface area contributed by atoms with Crippen molar-refractivity contribution in [2.24, 2.45) is 0 Å². The van der Waals surface area contributed by atoms with E-state index in [1.807, 2.05) is 0 Å². The molecule has 200 valence electrons. The SMILES string of the molecule is O=C(NC1CC(F)(F)C1)[C@@H](c1ccccc1Cl)N(C(=O)[C@@H]1CCC(O)N1c1nccs1)c1cccc(F)c1. The van der Waals surface area contributed by atoms with E-state index >= 15 is 0 Å². The average molecular weight is 565 g/mol. The van der Waals surface area contributed by atoms with Crippen LogP contribution in [0.3, 0.4) is 0 Å². The Morgan fingerprint density at radius 2 is 1.95 bits per heavy atom. The van der Waals surface area contributed by atoms with Crippen LogP contribution in [0.1, 0.15) is 37.3 Å². The molecule has 2 fully saturated rings. The molecule has 2 amide bonds. The summed E-state index contributed by atoms with van der Waals surface area (Å²) in [6.45, 7) is 0. The number of halogens is 4. The number of amides is 2. The third kappa shape index (κ3) is 5.23. The molecule has 1 aliphatic carbocycles. The number of aliphatic hydroxyl groups is 1. The van der Waals surface area contributed by atoms with Gasteiger partial charge in [0, 0.05) is 46.7 Å². The van der Waals surface area contributed by atoms with Gasteiger partial charge in [-0.05, 0) is 37.1 Å². The molecule has 2 aliphatic rings. The molecule has 12 heteroatoms. The van der Waals surface area contributed by atoms with Gasteiger partial charge >= 0.3 is 0 Å². The monoisotopic (exact) mass is 564 g/mol. The van der Waals surface area contributed by atoms with Crippen LogP contribution < -0.4 is 15.1 Å². The summed E-state index contributed by atoms with van der Waals surface area (Å²) in [5.41, 5.74) is 0.323. The molecule has 2 aromatic carbocycles. The predicted molar refractivity (Wildman–Crippen MR) is 138 cm³/mol. The van der Waals surface area contributed by atoms with E-state index in [-0.39, 0.29) is 29.1 Å². The maximum atomic E-state index is 14.4. The summed E-state index contributed by atoms with van der Waals surface area (Å²) in [5.74, 6) is -4.83. The summed E-state index contributed by atoms with van der Waals surface area (Å²) in [4.78, 5) is 34.9. The lowest BCUT2D eigenvalue weighted by Gasteiger charge is -2.39. The van der Waals surface area contributed by atoms with E-state index in [2.05, 4.69) is 10.3 Å². The van der Waals surface area contributed by atoms with Crippen molar-refractivity contribution >= 4 is 45.6 Å². The molecule has 1 aromatic heterocycles. The van der Waals surface area contributed by atoms with Crippen LogP contribution in [-0.2, 0) is 9.59 Å². The molecule has 2 heterocycles. The minimum absolute atomic E-state index is 0.0782. The lowest BCUT2D eigenvalue weighted by molar-refractivity contribution is -0.133. The van der Waals surface area contributed by atoms with E-state index in [0.717, 1.165) is 11.0 Å². The summed E-state index contributed by atoms with van der Waals surface area (Å²) in [6, 6.07) is 8.48. The van der Waals surface area contributed by atoms with Crippen molar-refractivity contribution in [3.05, 3.63) is 76.5 Å². The maximum absolute atomic E-state index is 14.4. The van der Waals surface area contributed by atoms with Crippen molar-refractivity contribution in [1.29, 1.82) is 0 Å². The van der Waals surface area contributed by atoms with Gasteiger partial charge in [-0.15, -0.1) is 11.3 Å². The topological polar surface area (TPSA) is 85.8 Å². The Labute approximate surface area is 225 Å². The molecule has 0 bridgehead atoms. The van der Waals surface area contributed by atoms with E-state index in [4.69, 9.17) is 11.6 Å². The molecule has 3 aromatic rings. The molecule has 7 nitrogen and oxygen atoms in total. The maximum Gasteiger partial charge on any atom is 0.252 e. The molecule has 5 rings (SSSR count). The van der Waals surface area contributed by atoms with Crippen LogP contribution in [0.2, 0.25) is 5.02 Å². The standard InChI is InChI=1S/C26H24ClF3N4O3S/c27-19-7-2-1-6-18(19)22(23(36)32-16-13-26(29,30)14-16)33(17-5-3-4-15(28)12-17)24(37)20-8-9-21(35)34(20)25-31-10-11-38-25/h1-7,10-12,16,20-22,35H,8-9,13-14H2,(H,32,36)/t20-,21?,22+/m0/s1. The molecule has 2 N–H and O–H groups in total. The van der Waals surface area contributed by atoms with Crippen molar-refractivity contribution in [1.82, 2.24) is 10.3 Å². The highest BCUT2D eigenvalue weighted by Crippen LogP contribution is 2.40. The largest absolute Gasteiger partial charge is 0.374 e. The molecular formula is C26H24ClF3N4O3S. The Morgan fingerprint density at radius 3 is 2.61 bits per heavy atom. The zero-order valence-corrected chi connectivity index (χ0v) is 21.5. The van der Waals surface area contributed by atoms with Crippen LogP contribution in [0.15, 0.2) is 60.1 Å². The number of benzene rings is 2. The number of rotatable bonds is 7. The summed E-state index contributed by atoms with van der Waals surface area (Å²) in [6.07, 6.45) is 0.0349. The van der Waals surface area contributed by atoms with Gasteiger partial charge < -0.3 is 15.3 Å². The Balaban J connectivity index is 1.59. The molecule has 1 aliphatic heterocycles. The van der Waals surface area contributed by atoms with Gasteiger partial charge in [-0.3, -0.25) is 14.5 Å². The number of aliphatic hydroxyl groups excluding tert-OH is 1. The van der Waals surface area contributed by atoms with Gasteiger partial charge in [0.15, 0.2) is 5.13 Å². The fourth-order valence-corrected chi connectivity index (χ4v) is 5.94. The lowest BCUT2D eigenvalue weighted by Crippen LogP contribution is -2.56. The fraction of sp³-hybridized carbons (Fsp3) is 0.346. The van der Waals surface area contributed by atoms with Crippen molar-refractivity contribution in [3.8, 4) is 0 Å². The van der Waals surface area contributed by atoms with Crippen molar-refractivity contribution in [2.75, 3.05) is 9.80 Å². The first kappa shape index (κ1) is 26.5. The number of hydrogen-bond acceptors (Lipinski definition) is 6. The van der Waals surface area contributed by atoms with Gasteiger partial charge in [0.05, 0.1) is 0 Å². The highest BCUT2D eigenvalue weighted by Gasteiger charge is 2.48. The highest BCUT2D eigenvalue weighted by atomic mass is 35.5. The van der Waals surface area contributed by atoms with Crippen molar-refractivity contribution in [3.63, 3.8) is 0 Å². The molecule has 1 saturated heterocycles. The Kier molecular flexibility index (Phi) is 7.34. The normalized spacial score (nSPS) is 21.6. The second-order valence-electron chi connectivity index (χ2n) is 9.38. The molecule has 38 heavy (non-hydrogen) atoms. The second-order valence-corrected chi connectivity index (χ2v) is 10.7. The Hall–Kier alpha value is -3.15. The van der Waals surface area contributed by atoms with Crippen LogP contribution in [-0.4, -0.2) is 46.1 Å². The number of carbonyl (C=O) groups is 2. The smallest absolute Gasteiger partial charge is 0.252 e. The number of anilines is 2. The molecule has 1 unspecified atom stereocenters. The first-order valence-electron chi connectivity index (χ1n) is 12.0. The average Bonchev–Trinajstić information content (AvgIpc) is 3.51. The van der Waals surface area contributed by atoms with E-state index < -0.39 is 60.7 Å². The third-order valence-corrected chi connectivity index (χ3v) is 7.88. The van der Waals surface area contributed by atoms with Gasteiger partial charge in [-0.25, -0.2) is 18.2 Å². The Morgan fingerprint density at radius 1 is 1.18 bits per heavy atom.